The molecule has 24 heavy (non-hydrogen) atoms. The highest BCUT2D eigenvalue weighted by Gasteiger charge is 2.20. The number of fused-ring (bicyclic) bond motifs is 1. The summed E-state index contributed by atoms with van der Waals surface area (Å²) in [6.45, 7) is 6.31. The van der Waals surface area contributed by atoms with Crippen LogP contribution in [-0.4, -0.2) is 46.2 Å². The van der Waals surface area contributed by atoms with Crippen LogP contribution in [0.3, 0.4) is 0 Å². The summed E-state index contributed by atoms with van der Waals surface area (Å²) in [5.74, 6) is 0.670. The molecule has 7 heteroatoms. The van der Waals surface area contributed by atoms with Crippen LogP contribution in [0, 0.1) is 12.7 Å². The first kappa shape index (κ1) is 15.0. The van der Waals surface area contributed by atoms with Gasteiger partial charge in [0.2, 0.25) is 0 Å². The maximum absolute atomic E-state index is 13.2. The van der Waals surface area contributed by atoms with Gasteiger partial charge in [0.15, 0.2) is 5.58 Å². The highest BCUT2D eigenvalue weighted by atomic mass is 19.1. The Hall–Kier alpha value is -2.54. The lowest BCUT2D eigenvalue weighted by Gasteiger charge is -2.35. The van der Waals surface area contributed by atoms with E-state index in [1.165, 1.54) is 12.1 Å². The van der Waals surface area contributed by atoms with Gasteiger partial charge in [-0.1, -0.05) is 5.16 Å². The maximum atomic E-state index is 13.2. The van der Waals surface area contributed by atoms with E-state index in [0.717, 1.165) is 48.8 Å². The van der Waals surface area contributed by atoms with Gasteiger partial charge in [0.05, 0.1) is 0 Å². The molecule has 0 saturated carbocycles. The van der Waals surface area contributed by atoms with Crippen molar-refractivity contribution in [3.05, 3.63) is 47.8 Å². The first-order chi connectivity index (χ1) is 11.7. The average molecular weight is 327 g/mol. The first-order valence-electron chi connectivity index (χ1n) is 7.99. The Balaban J connectivity index is 1.42. The lowest BCUT2D eigenvalue weighted by molar-refractivity contribution is 0.243. The van der Waals surface area contributed by atoms with E-state index in [2.05, 4.69) is 24.9 Å². The maximum Gasteiger partial charge on any atom is 0.170 e. The van der Waals surface area contributed by atoms with E-state index in [9.17, 15) is 4.39 Å². The van der Waals surface area contributed by atoms with Gasteiger partial charge in [-0.2, -0.15) is 0 Å². The predicted molar refractivity (Wildman–Crippen MR) is 88.2 cm³/mol. The summed E-state index contributed by atoms with van der Waals surface area (Å²) >= 11 is 0. The zero-order valence-corrected chi connectivity index (χ0v) is 13.4. The molecule has 124 valence electrons. The molecule has 0 spiro atoms. The summed E-state index contributed by atoms with van der Waals surface area (Å²) < 4.78 is 18.5. The highest BCUT2D eigenvalue weighted by Crippen LogP contribution is 2.22. The normalized spacial score (nSPS) is 16.0. The molecule has 0 unspecified atom stereocenters. The number of hydrogen-bond donors (Lipinski definition) is 0. The fourth-order valence-electron chi connectivity index (χ4n) is 3.04. The number of rotatable bonds is 3. The quantitative estimate of drug-likeness (QED) is 0.736. The molecule has 0 radical (unpaired) electrons. The number of benzene rings is 1. The Morgan fingerprint density at radius 3 is 2.75 bits per heavy atom. The molecule has 0 amide bonds. The molecule has 3 heterocycles. The molecule has 6 nitrogen and oxygen atoms in total. The van der Waals surface area contributed by atoms with Crippen molar-refractivity contribution in [2.24, 2.45) is 0 Å². The number of piperazine rings is 1. The Kier molecular flexibility index (Phi) is 3.86. The van der Waals surface area contributed by atoms with Crippen LogP contribution in [0.1, 0.15) is 11.4 Å². The number of hydrogen-bond acceptors (Lipinski definition) is 6. The molecule has 0 atom stereocenters. The molecule has 0 aliphatic carbocycles. The van der Waals surface area contributed by atoms with Gasteiger partial charge < -0.3 is 9.42 Å². The van der Waals surface area contributed by atoms with E-state index in [1.807, 2.05) is 13.0 Å². The molecule has 1 fully saturated rings. The molecule has 0 N–H and O–H groups in total. The third-order valence-electron chi connectivity index (χ3n) is 4.37. The minimum Gasteiger partial charge on any atom is -0.356 e. The van der Waals surface area contributed by atoms with Crippen molar-refractivity contribution < 1.29 is 8.91 Å². The van der Waals surface area contributed by atoms with Crippen LogP contribution in [-0.2, 0) is 6.54 Å². The number of aromatic nitrogens is 3. The second-order valence-corrected chi connectivity index (χ2v) is 6.05. The van der Waals surface area contributed by atoms with Crippen LogP contribution in [0.25, 0.3) is 11.0 Å². The topological polar surface area (TPSA) is 58.3 Å². The molecule has 1 saturated heterocycles. The van der Waals surface area contributed by atoms with Crippen molar-refractivity contribution >= 4 is 16.8 Å². The summed E-state index contributed by atoms with van der Waals surface area (Å²) in [4.78, 5) is 13.1. The van der Waals surface area contributed by atoms with Gasteiger partial charge in [0.25, 0.3) is 0 Å². The summed E-state index contributed by atoms with van der Waals surface area (Å²) in [7, 11) is 0. The summed E-state index contributed by atoms with van der Waals surface area (Å²) in [6.07, 6.45) is 1.61. The minimum atomic E-state index is -0.307. The monoisotopic (exact) mass is 327 g/mol. The molecule has 1 aliphatic heterocycles. The van der Waals surface area contributed by atoms with Crippen LogP contribution in [0.2, 0.25) is 0 Å². The number of halogens is 1. The standard InChI is InChI=1S/C17H18FN5O/c1-12-8-17(20-11-19-12)23-6-4-22(5-7-23)10-15-14-3-2-13(18)9-16(14)24-21-15/h2-3,8-9,11H,4-7,10H2,1H3. The number of aryl methyl sites for hydroxylation is 1. The fourth-order valence-corrected chi connectivity index (χ4v) is 3.04. The lowest BCUT2D eigenvalue weighted by Crippen LogP contribution is -2.46. The molecular formula is C17H18FN5O. The molecule has 0 bridgehead atoms. The van der Waals surface area contributed by atoms with Crippen LogP contribution >= 0.6 is 0 Å². The van der Waals surface area contributed by atoms with Crippen LogP contribution < -0.4 is 4.90 Å². The van der Waals surface area contributed by atoms with Crippen LogP contribution in [0.5, 0.6) is 0 Å². The van der Waals surface area contributed by atoms with Gasteiger partial charge in [0, 0.05) is 55.9 Å². The Morgan fingerprint density at radius 1 is 1.12 bits per heavy atom. The van der Waals surface area contributed by atoms with E-state index in [1.54, 1.807) is 12.4 Å². The first-order valence-corrected chi connectivity index (χ1v) is 7.99. The number of anilines is 1. The molecule has 1 aliphatic rings. The smallest absolute Gasteiger partial charge is 0.170 e. The Morgan fingerprint density at radius 2 is 1.96 bits per heavy atom. The molecule has 4 rings (SSSR count). The van der Waals surface area contributed by atoms with E-state index < -0.39 is 0 Å². The van der Waals surface area contributed by atoms with Crippen molar-refractivity contribution in [2.45, 2.75) is 13.5 Å². The van der Waals surface area contributed by atoms with Gasteiger partial charge in [-0.3, -0.25) is 4.90 Å². The third-order valence-corrected chi connectivity index (χ3v) is 4.37. The third kappa shape index (κ3) is 2.94. The second kappa shape index (κ2) is 6.16. The zero-order valence-electron chi connectivity index (χ0n) is 13.4. The van der Waals surface area contributed by atoms with Gasteiger partial charge >= 0.3 is 0 Å². The van der Waals surface area contributed by atoms with E-state index in [-0.39, 0.29) is 5.82 Å². The Labute approximate surface area is 138 Å². The van der Waals surface area contributed by atoms with Crippen molar-refractivity contribution in [3.63, 3.8) is 0 Å². The Bertz CT molecular complexity index is 857. The van der Waals surface area contributed by atoms with E-state index in [4.69, 9.17) is 4.52 Å². The van der Waals surface area contributed by atoms with Gasteiger partial charge in [-0.05, 0) is 19.1 Å². The molecule has 2 aromatic heterocycles. The predicted octanol–water partition coefficient (Wildman–Crippen LogP) is 2.39. The van der Waals surface area contributed by atoms with Crippen molar-refractivity contribution in [3.8, 4) is 0 Å². The number of nitrogens with zero attached hydrogens (tertiary/aromatic N) is 5. The van der Waals surface area contributed by atoms with Crippen molar-refractivity contribution in [2.75, 3.05) is 31.1 Å². The van der Waals surface area contributed by atoms with Gasteiger partial charge in [-0.15, -0.1) is 0 Å². The van der Waals surface area contributed by atoms with E-state index >= 15 is 0 Å². The van der Waals surface area contributed by atoms with Gasteiger partial charge in [-0.25, -0.2) is 14.4 Å². The minimum absolute atomic E-state index is 0.307. The van der Waals surface area contributed by atoms with Gasteiger partial charge in [0.1, 0.15) is 23.7 Å². The fraction of sp³-hybridized carbons (Fsp3) is 0.353. The molecule has 3 aromatic rings. The van der Waals surface area contributed by atoms with Crippen molar-refractivity contribution in [1.82, 2.24) is 20.0 Å². The van der Waals surface area contributed by atoms with Crippen LogP contribution in [0.15, 0.2) is 35.1 Å². The average Bonchev–Trinajstić information content (AvgIpc) is 2.97. The summed E-state index contributed by atoms with van der Waals surface area (Å²) in [5.41, 5.74) is 2.33. The lowest BCUT2D eigenvalue weighted by atomic mass is 10.2. The van der Waals surface area contributed by atoms with Crippen molar-refractivity contribution in [1.29, 1.82) is 0 Å². The molecule has 1 aromatic carbocycles. The second-order valence-electron chi connectivity index (χ2n) is 6.05. The summed E-state index contributed by atoms with van der Waals surface area (Å²) in [5, 5.41) is 4.98. The zero-order chi connectivity index (χ0) is 16.5. The van der Waals surface area contributed by atoms with Crippen LogP contribution in [0.4, 0.5) is 10.2 Å². The highest BCUT2D eigenvalue weighted by molar-refractivity contribution is 5.79. The molecular weight excluding hydrogens is 309 g/mol. The summed E-state index contributed by atoms with van der Waals surface area (Å²) in [6, 6.07) is 6.56. The van der Waals surface area contributed by atoms with E-state index in [0.29, 0.717) is 12.1 Å². The largest absolute Gasteiger partial charge is 0.356 e. The SMILES string of the molecule is Cc1cc(N2CCN(Cc3noc4cc(F)ccc34)CC2)ncn1.